The highest BCUT2D eigenvalue weighted by atomic mass is 19.4. The summed E-state index contributed by atoms with van der Waals surface area (Å²) in [5.74, 6) is -4.55. The molecule has 0 amide bonds. The second kappa shape index (κ2) is 4.19. The lowest BCUT2D eigenvalue weighted by Gasteiger charge is -2.15. The van der Waals surface area contributed by atoms with Gasteiger partial charge in [-0.05, 0) is 6.92 Å². The van der Waals surface area contributed by atoms with E-state index in [1.165, 1.54) is 0 Å². The van der Waals surface area contributed by atoms with Crippen LogP contribution < -0.4 is 4.74 Å². The van der Waals surface area contributed by atoms with Gasteiger partial charge >= 0.3 is 12.1 Å². The number of methoxy groups -OCH3 is 1. The van der Waals surface area contributed by atoms with Gasteiger partial charge in [0.2, 0.25) is 5.95 Å². The fourth-order valence-corrected chi connectivity index (χ4v) is 1.34. The number of aryl methyl sites for hydroxylation is 1. The van der Waals surface area contributed by atoms with Crippen molar-refractivity contribution >= 4 is 5.97 Å². The van der Waals surface area contributed by atoms with Gasteiger partial charge in [0.1, 0.15) is 5.56 Å². The molecule has 0 saturated heterocycles. The smallest absolute Gasteiger partial charge is 0.424 e. The van der Waals surface area contributed by atoms with Gasteiger partial charge in [-0.2, -0.15) is 17.6 Å². The van der Waals surface area contributed by atoms with Gasteiger partial charge in [-0.25, -0.2) is 9.78 Å². The summed E-state index contributed by atoms with van der Waals surface area (Å²) in [4.78, 5) is 13.7. The summed E-state index contributed by atoms with van der Waals surface area (Å²) in [6, 6.07) is 0. The van der Waals surface area contributed by atoms with E-state index in [0.29, 0.717) is 0 Å². The summed E-state index contributed by atoms with van der Waals surface area (Å²) in [7, 11) is 0.829. The third kappa shape index (κ3) is 2.29. The maximum absolute atomic E-state index is 13.1. The molecule has 0 atom stereocenters. The average molecular weight is 253 g/mol. The summed E-state index contributed by atoms with van der Waals surface area (Å²) in [6.45, 7) is 1.08. The van der Waals surface area contributed by atoms with Crippen molar-refractivity contribution in [3.8, 4) is 5.75 Å². The molecule has 0 bridgehead atoms. The van der Waals surface area contributed by atoms with Crippen LogP contribution in [-0.4, -0.2) is 23.2 Å². The Morgan fingerprint density at radius 3 is 2.29 bits per heavy atom. The van der Waals surface area contributed by atoms with Crippen molar-refractivity contribution in [1.29, 1.82) is 0 Å². The Morgan fingerprint density at radius 2 is 1.94 bits per heavy atom. The number of pyridine rings is 1. The van der Waals surface area contributed by atoms with E-state index in [4.69, 9.17) is 5.11 Å². The van der Waals surface area contributed by atoms with E-state index in [-0.39, 0.29) is 5.69 Å². The first kappa shape index (κ1) is 13.2. The highest BCUT2D eigenvalue weighted by molar-refractivity contribution is 5.92. The molecule has 1 rings (SSSR count). The Kier molecular flexibility index (Phi) is 3.25. The van der Waals surface area contributed by atoms with E-state index < -0.39 is 35.0 Å². The van der Waals surface area contributed by atoms with Gasteiger partial charge < -0.3 is 9.84 Å². The number of carbonyl (C=O) groups is 1. The van der Waals surface area contributed by atoms with Gasteiger partial charge in [-0.3, -0.25) is 0 Å². The molecule has 17 heavy (non-hydrogen) atoms. The minimum atomic E-state index is -5.08. The lowest BCUT2D eigenvalue weighted by atomic mass is 10.1. The maximum atomic E-state index is 13.1. The summed E-state index contributed by atoms with van der Waals surface area (Å²) in [5.41, 5.74) is -3.01. The van der Waals surface area contributed by atoms with Crippen LogP contribution in [-0.2, 0) is 6.18 Å². The molecule has 1 heterocycles. The molecule has 0 aliphatic heterocycles. The molecule has 1 aromatic rings. The zero-order chi connectivity index (χ0) is 13.4. The Bertz CT molecular complexity index is 470. The number of rotatable bonds is 2. The highest BCUT2D eigenvalue weighted by Gasteiger charge is 2.41. The summed E-state index contributed by atoms with van der Waals surface area (Å²) < 4.78 is 55.0. The van der Waals surface area contributed by atoms with E-state index in [2.05, 4.69) is 9.72 Å². The number of carboxylic acid groups (broad SMARTS) is 1. The number of hydrogen-bond acceptors (Lipinski definition) is 3. The molecule has 0 radical (unpaired) electrons. The third-order valence-electron chi connectivity index (χ3n) is 1.99. The Balaban J connectivity index is 3.72. The van der Waals surface area contributed by atoms with Crippen LogP contribution in [0.1, 0.15) is 21.6 Å². The van der Waals surface area contributed by atoms with Crippen LogP contribution in [0.15, 0.2) is 0 Å². The predicted molar refractivity (Wildman–Crippen MR) is 47.4 cm³/mol. The Labute approximate surface area is 92.8 Å². The van der Waals surface area contributed by atoms with E-state index in [1.54, 1.807) is 0 Å². The van der Waals surface area contributed by atoms with Crippen molar-refractivity contribution in [2.24, 2.45) is 0 Å². The Morgan fingerprint density at radius 1 is 1.41 bits per heavy atom. The van der Waals surface area contributed by atoms with Gasteiger partial charge in [0.15, 0.2) is 11.3 Å². The number of hydrogen-bond donors (Lipinski definition) is 1. The van der Waals surface area contributed by atoms with Gasteiger partial charge in [-0.1, -0.05) is 0 Å². The molecule has 0 aliphatic carbocycles. The van der Waals surface area contributed by atoms with Crippen molar-refractivity contribution in [3.05, 3.63) is 22.8 Å². The number of ether oxygens (including phenoxy) is 1. The number of aromatic nitrogens is 1. The Hall–Kier alpha value is -1.86. The molecule has 0 unspecified atom stereocenters. The number of carboxylic acids is 1. The number of alkyl halides is 3. The van der Waals surface area contributed by atoms with Gasteiger partial charge in [0.25, 0.3) is 0 Å². The molecule has 0 saturated carbocycles. The molecular formula is C9H7F4NO3. The van der Waals surface area contributed by atoms with Crippen LogP contribution in [0, 0.1) is 12.9 Å². The first-order chi connectivity index (χ1) is 7.70. The second-order valence-electron chi connectivity index (χ2n) is 3.07. The van der Waals surface area contributed by atoms with Crippen LogP contribution in [0.2, 0.25) is 0 Å². The second-order valence-corrected chi connectivity index (χ2v) is 3.07. The van der Waals surface area contributed by atoms with Crippen LogP contribution in [0.5, 0.6) is 5.75 Å². The van der Waals surface area contributed by atoms with E-state index >= 15 is 0 Å². The van der Waals surface area contributed by atoms with Crippen LogP contribution in [0.25, 0.3) is 0 Å². The van der Waals surface area contributed by atoms with E-state index in [1.807, 2.05) is 0 Å². The van der Waals surface area contributed by atoms with Gasteiger partial charge in [0.05, 0.1) is 12.8 Å². The molecule has 0 spiro atoms. The summed E-state index contributed by atoms with van der Waals surface area (Å²) in [6.07, 6.45) is -5.08. The molecule has 94 valence electrons. The average Bonchev–Trinajstić information content (AvgIpc) is 2.12. The topological polar surface area (TPSA) is 59.4 Å². The van der Waals surface area contributed by atoms with E-state index in [0.717, 1.165) is 14.0 Å². The van der Waals surface area contributed by atoms with Crippen molar-refractivity contribution in [3.63, 3.8) is 0 Å². The van der Waals surface area contributed by atoms with Crippen molar-refractivity contribution in [2.75, 3.05) is 7.11 Å². The number of halogens is 4. The molecule has 8 heteroatoms. The monoisotopic (exact) mass is 253 g/mol. The zero-order valence-electron chi connectivity index (χ0n) is 8.72. The summed E-state index contributed by atoms with van der Waals surface area (Å²) >= 11 is 0. The van der Waals surface area contributed by atoms with Gasteiger partial charge in [0, 0.05) is 0 Å². The molecule has 1 aromatic heterocycles. The highest BCUT2D eigenvalue weighted by Crippen LogP contribution is 2.40. The van der Waals surface area contributed by atoms with Crippen molar-refractivity contribution in [1.82, 2.24) is 4.98 Å². The lowest BCUT2D eigenvalue weighted by Crippen LogP contribution is -2.17. The predicted octanol–water partition coefficient (Wildman–Crippen LogP) is 2.25. The molecule has 0 fully saturated rings. The van der Waals surface area contributed by atoms with Crippen molar-refractivity contribution < 1.29 is 32.2 Å². The number of nitrogens with zero attached hydrogens (tertiary/aromatic N) is 1. The van der Waals surface area contributed by atoms with Crippen LogP contribution >= 0.6 is 0 Å². The SMILES string of the molecule is COc1c(C(=O)O)c(C)nc(F)c1C(F)(F)F. The van der Waals surface area contributed by atoms with Crippen LogP contribution in [0.3, 0.4) is 0 Å². The standard InChI is InChI=1S/C9H7F4NO3/c1-3-4(8(15)16)6(17-2)5(7(10)14-3)9(11,12)13/h1-2H3,(H,15,16). The van der Waals surface area contributed by atoms with E-state index in [9.17, 15) is 22.4 Å². The largest absolute Gasteiger partial charge is 0.495 e. The number of aromatic carboxylic acids is 1. The first-order valence-corrected chi connectivity index (χ1v) is 4.24. The third-order valence-corrected chi connectivity index (χ3v) is 1.99. The molecule has 1 N–H and O–H groups in total. The van der Waals surface area contributed by atoms with Gasteiger partial charge in [-0.15, -0.1) is 0 Å². The first-order valence-electron chi connectivity index (χ1n) is 4.24. The molecule has 0 aromatic carbocycles. The van der Waals surface area contributed by atoms with Crippen LogP contribution in [0.4, 0.5) is 17.6 Å². The lowest BCUT2D eigenvalue weighted by molar-refractivity contribution is -0.141. The maximum Gasteiger partial charge on any atom is 0.424 e. The normalized spacial score (nSPS) is 11.4. The fourth-order valence-electron chi connectivity index (χ4n) is 1.34. The molecular weight excluding hydrogens is 246 g/mol. The fraction of sp³-hybridized carbons (Fsp3) is 0.333. The zero-order valence-corrected chi connectivity index (χ0v) is 8.72. The minimum Gasteiger partial charge on any atom is -0.495 e. The molecule has 0 aliphatic rings. The van der Waals surface area contributed by atoms with Crippen molar-refractivity contribution in [2.45, 2.75) is 13.1 Å². The molecule has 4 nitrogen and oxygen atoms in total. The summed E-state index contributed by atoms with van der Waals surface area (Å²) in [5, 5.41) is 8.75. The minimum absolute atomic E-state index is 0.389. The quantitative estimate of drug-likeness (QED) is 0.648.